The largest absolute Gasteiger partial charge is 0.480 e. The third-order valence-corrected chi connectivity index (χ3v) is 1.88. The van der Waals surface area contributed by atoms with Crippen LogP contribution in [0.2, 0.25) is 0 Å². The molecular formula is C7H8N4O6. The molecule has 0 aliphatic rings. The minimum absolute atomic E-state index is 0.518. The number of nitro groups is 1. The number of aromatic amines is 1. The van der Waals surface area contributed by atoms with Gasteiger partial charge in [-0.2, -0.15) is 0 Å². The Labute approximate surface area is 92.7 Å². The predicted octanol–water partition coefficient (Wildman–Crippen LogP) is -1.52. The second kappa shape index (κ2) is 4.47. The monoisotopic (exact) mass is 244 g/mol. The summed E-state index contributed by atoms with van der Waals surface area (Å²) in [6, 6.07) is 0. The van der Waals surface area contributed by atoms with Gasteiger partial charge in [0.15, 0.2) is 5.82 Å². The predicted molar refractivity (Wildman–Crippen MR) is 55.1 cm³/mol. The van der Waals surface area contributed by atoms with Crippen LogP contribution < -0.4 is 16.6 Å². The van der Waals surface area contributed by atoms with E-state index in [4.69, 9.17) is 5.11 Å². The zero-order valence-electron chi connectivity index (χ0n) is 8.59. The van der Waals surface area contributed by atoms with E-state index >= 15 is 0 Å². The van der Waals surface area contributed by atoms with E-state index in [1.165, 1.54) is 0 Å². The molecule has 0 aliphatic carbocycles. The minimum Gasteiger partial charge on any atom is -0.480 e. The van der Waals surface area contributed by atoms with E-state index in [1.54, 1.807) is 0 Å². The molecule has 0 amide bonds. The van der Waals surface area contributed by atoms with Gasteiger partial charge in [-0.3, -0.25) is 29.3 Å². The van der Waals surface area contributed by atoms with Crippen molar-refractivity contribution >= 4 is 17.5 Å². The van der Waals surface area contributed by atoms with Gasteiger partial charge in [0.25, 0.3) is 0 Å². The van der Waals surface area contributed by atoms with Gasteiger partial charge in [-0.05, 0) is 0 Å². The number of anilines is 1. The number of nitrogens with one attached hydrogen (secondary N) is 2. The van der Waals surface area contributed by atoms with Crippen LogP contribution in [0.15, 0.2) is 9.59 Å². The molecule has 1 aromatic rings. The molecule has 0 aromatic carbocycles. The summed E-state index contributed by atoms with van der Waals surface area (Å²) in [6.45, 7) is -0.663. The topological polar surface area (TPSA) is 147 Å². The van der Waals surface area contributed by atoms with E-state index in [9.17, 15) is 24.5 Å². The van der Waals surface area contributed by atoms with Crippen molar-refractivity contribution in [3.63, 3.8) is 0 Å². The van der Waals surface area contributed by atoms with Gasteiger partial charge in [0.2, 0.25) is 0 Å². The average molecular weight is 244 g/mol. The second-order valence-electron chi connectivity index (χ2n) is 3.02. The number of rotatable bonds is 4. The Kier molecular flexibility index (Phi) is 3.26. The maximum absolute atomic E-state index is 11.4. The lowest BCUT2D eigenvalue weighted by Gasteiger charge is -2.04. The van der Waals surface area contributed by atoms with E-state index in [-0.39, 0.29) is 0 Å². The van der Waals surface area contributed by atoms with E-state index in [2.05, 4.69) is 5.32 Å². The molecule has 1 heterocycles. The summed E-state index contributed by atoms with van der Waals surface area (Å²) >= 11 is 0. The zero-order chi connectivity index (χ0) is 13.2. The van der Waals surface area contributed by atoms with Crippen molar-refractivity contribution in [1.29, 1.82) is 0 Å². The molecule has 0 radical (unpaired) electrons. The molecule has 0 saturated heterocycles. The maximum atomic E-state index is 11.4. The van der Waals surface area contributed by atoms with Crippen molar-refractivity contribution in [1.82, 2.24) is 9.55 Å². The Morgan fingerprint density at radius 3 is 2.65 bits per heavy atom. The van der Waals surface area contributed by atoms with Gasteiger partial charge < -0.3 is 10.4 Å². The van der Waals surface area contributed by atoms with Gasteiger partial charge >= 0.3 is 22.9 Å². The van der Waals surface area contributed by atoms with Crippen LogP contribution in [-0.4, -0.2) is 32.1 Å². The number of nitrogens with zero attached hydrogens (tertiary/aromatic N) is 2. The molecule has 10 nitrogen and oxygen atoms in total. The van der Waals surface area contributed by atoms with Crippen LogP contribution in [0.3, 0.4) is 0 Å². The molecule has 0 bridgehead atoms. The van der Waals surface area contributed by atoms with Gasteiger partial charge in [0.05, 0.1) is 4.92 Å². The summed E-state index contributed by atoms with van der Waals surface area (Å²) in [7, 11) is 1.06. The molecule has 0 unspecified atom stereocenters. The summed E-state index contributed by atoms with van der Waals surface area (Å²) in [5.74, 6) is -1.81. The molecular weight excluding hydrogens is 236 g/mol. The van der Waals surface area contributed by atoms with Crippen LogP contribution in [0, 0.1) is 10.1 Å². The van der Waals surface area contributed by atoms with Crippen molar-refractivity contribution in [2.24, 2.45) is 7.05 Å². The highest BCUT2D eigenvalue weighted by atomic mass is 16.6. The van der Waals surface area contributed by atoms with Crippen LogP contribution in [0.1, 0.15) is 0 Å². The molecule has 92 valence electrons. The first kappa shape index (κ1) is 12.4. The van der Waals surface area contributed by atoms with E-state index < -0.39 is 40.2 Å². The molecule has 17 heavy (non-hydrogen) atoms. The third-order valence-electron chi connectivity index (χ3n) is 1.88. The molecule has 0 atom stereocenters. The van der Waals surface area contributed by atoms with Crippen LogP contribution in [-0.2, 0) is 11.8 Å². The van der Waals surface area contributed by atoms with Crippen molar-refractivity contribution in [2.45, 2.75) is 0 Å². The molecule has 0 saturated carbocycles. The lowest BCUT2D eigenvalue weighted by atomic mass is 10.4. The SMILES string of the molecule is Cn1c(=O)[nH]c(NCC(=O)O)c([N+](=O)[O-])c1=O. The fraction of sp³-hybridized carbons (Fsp3) is 0.286. The normalized spacial score (nSPS) is 9.94. The molecule has 0 aliphatic heterocycles. The fourth-order valence-corrected chi connectivity index (χ4v) is 1.07. The lowest BCUT2D eigenvalue weighted by Crippen LogP contribution is -2.35. The summed E-state index contributed by atoms with van der Waals surface area (Å²) in [4.78, 5) is 44.5. The highest BCUT2D eigenvalue weighted by Gasteiger charge is 2.23. The van der Waals surface area contributed by atoms with Crippen molar-refractivity contribution in [2.75, 3.05) is 11.9 Å². The number of carbonyl (C=O) groups is 1. The quantitative estimate of drug-likeness (QED) is 0.430. The van der Waals surface area contributed by atoms with Crippen LogP contribution in [0.5, 0.6) is 0 Å². The molecule has 0 fully saturated rings. The molecule has 1 aromatic heterocycles. The Bertz CT molecular complexity index is 585. The van der Waals surface area contributed by atoms with E-state index in [1.807, 2.05) is 4.98 Å². The Morgan fingerprint density at radius 2 is 2.18 bits per heavy atom. The highest BCUT2D eigenvalue weighted by molar-refractivity contribution is 5.73. The Morgan fingerprint density at radius 1 is 1.59 bits per heavy atom. The average Bonchev–Trinajstić information content (AvgIpc) is 2.22. The van der Waals surface area contributed by atoms with Crippen molar-refractivity contribution in [3.8, 4) is 0 Å². The van der Waals surface area contributed by atoms with Crippen molar-refractivity contribution < 1.29 is 14.8 Å². The van der Waals surface area contributed by atoms with Crippen molar-refractivity contribution in [3.05, 3.63) is 31.0 Å². The van der Waals surface area contributed by atoms with Gasteiger partial charge in [-0.25, -0.2) is 4.79 Å². The number of hydrogen-bond acceptors (Lipinski definition) is 6. The number of carboxylic acid groups (broad SMARTS) is 1. The summed E-state index contributed by atoms with van der Waals surface area (Å²) in [5, 5.41) is 21.1. The first-order valence-electron chi connectivity index (χ1n) is 4.28. The maximum Gasteiger partial charge on any atom is 0.374 e. The fourth-order valence-electron chi connectivity index (χ4n) is 1.07. The Balaban J connectivity index is 3.38. The van der Waals surface area contributed by atoms with Crippen LogP contribution in [0.25, 0.3) is 0 Å². The third kappa shape index (κ3) is 2.48. The summed E-state index contributed by atoms with van der Waals surface area (Å²) in [6.07, 6.45) is 0. The number of hydrogen-bond donors (Lipinski definition) is 3. The van der Waals surface area contributed by atoms with Gasteiger partial charge in [-0.15, -0.1) is 0 Å². The summed E-state index contributed by atoms with van der Waals surface area (Å²) < 4.78 is 0.518. The van der Waals surface area contributed by atoms with Crippen LogP contribution in [0.4, 0.5) is 11.5 Å². The molecule has 1 rings (SSSR count). The molecule has 3 N–H and O–H groups in total. The van der Waals surface area contributed by atoms with E-state index in [0.29, 0.717) is 4.57 Å². The molecule has 0 spiro atoms. The lowest BCUT2D eigenvalue weighted by molar-refractivity contribution is -0.385. The zero-order valence-corrected chi connectivity index (χ0v) is 8.59. The molecule has 10 heteroatoms. The second-order valence-corrected chi connectivity index (χ2v) is 3.02. The number of carboxylic acids is 1. The number of H-pyrrole nitrogens is 1. The van der Waals surface area contributed by atoms with Gasteiger partial charge in [0.1, 0.15) is 6.54 Å². The first-order valence-corrected chi connectivity index (χ1v) is 4.28. The number of aromatic nitrogens is 2. The summed E-state index contributed by atoms with van der Waals surface area (Å²) in [5.41, 5.74) is -2.91. The van der Waals surface area contributed by atoms with E-state index in [0.717, 1.165) is 7.05 Å². The smallest absolute Gasteiger partial charge is 0.374 e. The first-order chi connectivity index (χ1) is 7.84. The van der Waals surface area contributed by atoms with Gasteiger partial charge in [0, 0.05) is 7.05 Å². The van der Waals surface area contributed by atoms with Gasteiger partial charge in [-0.1, -0.05) is 0 Å². The van der Waals surface area contributed by atoms with Crippen LogP contribution >= 0.6 is 0 Å². The number of aliphatic carboxylic acids is 1. The minimum atomic E-state index is -1.29. The highest BCUT2D eigenvalue weighted by Crippen LogP contribution is 2.13. The Hall–Kier alpha value is -2.65. The standard InChI is InChI=1S/C7H8N4O6/c1-10-6(14)4(11(16)17)5(9-7(10)15)8-2-3(12)13/h8H,2H2,1H3,(H,9,15)(H,12,13).